The molecule has 2 aromatic carbocycles. The summed E-state index contributed by atoms with van der Waals surface area (Å²) in [4.78, 5) is 33.6. The standard InChI is InChI=1S/C29H34N4O3/c1-29(2,3)24-12-10-23(11-13-24)27(34)31-25-14-15-26(30-20-25)32-16-7-17-33(19-18-32)28(35)36-21-22-8-5-4-6-9-22/h4-6,8-15,20H,7,16-19,21H2,1-3H3,(H,31,34). The maximum Gasteiger partial charge on any atom is 0.410 e. The SMILES string of the molecule is CC(C)(C)c1ccc(C(=O)Nc2ccc(N3CCCN(C(=O)OCc4ccccc4)CC3)nc2)cc1. The second kappa shape index (κ2) is 11.2. The third kappa shape index (κ3) is 6.62. The molecule has 2 heterocycles. The Labute approximate surface area is 213 Å². The van der Waals surface area contributed by atoms with Gasteiger partial charge in [-0.25, -0.2) is 9.78 Å². The summed E-state index contributed by atoms with van der Waals surface area (Å²) in [5.41, 5.74) is 3.45. The number of pyridine rings is 1. The molecule has 1 aliphatic heterocycles. The van der Waals surface area contributed by atoms with Gasteiger partial charge in [-0.2, -0.15) is 0 Å². The molecule has 0 bridgehead atoms. The van der Waals surface area contributed by atoms with Gasteiger partial charge in [-0.1, -0.05) is 63.2 Å². The summed E-state index contributed by atoms with van der Waals surface area (Å²) in [7, 11) is 0. The Bertz CT molecular complexity index is 1160. The first-order valence-electron chi connectivity index (χ1n) is 12.4. The van der Waals surface area contributed by atoms with Gasteiger partial charge in [-0.15, -0.1) is 0 Å². The number of carbonyl (C=O) groups excluding carboxylic acids is 2. The van der Waals surface area contributed by atoms with Crippen LogP contribution in [0.2, 0.25) is 0 Å². The molecule has 1 saturated heterocycles. The lowest BCUT2D eigenvalue weighted by Gasteiger charge is -2.22. The molecule has 7 nitrogen and oxygen atoms in total. The molecule has 0 unspecified atom stereocenters. The van der Waals surface area contributed by atoms with E-state index in [9.17, 15) is 9.59 Å². The molecule has 0 radical (unpaired) electrons. The minimum atomic E-state index is -0.290. The minimum absolute atomic E-state index is 0.0432. The zero-order valence-corrected chi connectivity index (χ0v) is 21.2. The molecule has 0 saturated carbocycles. The summed E-state index contributed by atoms with van der Waals surface area (Å²) in [6, 6.07) is 21.2. The van der Waals surface area contributed by atoms with E-state index in [0.717, 1.165) is 24.3 Å². The molecule has 0 aliphatic carbocycles. The Morgan fingerprint density at radius 1 is 0.917 bits per heavy atom. The zero-order chi connectivity index (χ0) is 25.5. The number of hydrogen-bond donors (Lipinski definition) is 1. The van der Waals surface area contributed by atoms with Crippen LogP contribution in [0.25, 0.3) is 0 Å². The maximum absolute atomic E-state index is 12.7. The lowest BCUT2D eigenvalue weighted by atomic mass is 9.87. The molecular weight excluding hydrogens is 452 g/mol. The first kappa shape index (κ1) is 25.2. The van der Waals surface area contributed by atoms with Crippen molar-refractivity contribution >= 4 is 23.5 Å². The lowest BCUT2D eigenvalue weighted by Crippen LogP contribution is -2.35. The fraction of sp³-hybridized carbons (Fsp3) is 0.345. The molecule has 0 spiro atoms. The van der Waals surface area contributed by atoms with Crippen molar-refractivity contribution in [2.45, 2.75) is 39.2 Å². The van der Waals surface area contributed by atoms with Crippen molar-refractivity contribution in [2.24, 2.45) is 0 Å². The normalized spacial score (nSPS) is 14.2. The molecule has 4 rings (SSSR count). The summed E-state index contributed by atoms with van der Waals surface area (Å²) < 4.78 is 5.49. The highest BCUT2D eigenvalue weighted by Crippen LogP contribution is 2.23. The predicted octanol–water partition coefficient (Wildman–Crippen LogP) is 5.48. The van der Waals surface area contributed by atoms with Crippen LogP contribution in [-0.2, 0) is 16.8 Å². The van der Waals surface area contributed by atoms with Crippen LogP contribution in [0.4, 0.5) is 16.3 Å². The lowest BCUT2D eigenvalue weighted by molar-refractivity contribution is 0.0984. The van der Waals surface area contributed by atoms with Crippen molar-refractivity contribution in [3.8, 4) is 0 Å². The van der Waals surface area contributed by atoms with Crippen LogP contribution in [0.15, 0.2) is 72.9 Å². The molecule has 3 aromatic rings. The van der Waals surface area contributed by atoms with E-state index >= 15 is 0 Å². The highest BCUT2D eigenvalue weighted by Gasteiger charge is 2.21. The Hall–Kier alpha value is -3.87. The van der Waals surface area contributed by atoms with Crippen LogP contribution in [-0.4, -0.2) is 48.1 Å². The Balaban J connectivity index is 1.29. The van der Waals surface area contributed by atoms with Crippen LogP contribution in [0, 0.1) is 0 Å². The van der Waals surface area contributed by atoms with E-state index < -0.39 is 0 Å². The average molecular weight is 487 g/mol. The molecule has 1 aliphatic rings. The van der Waals surface area contributed by atoms with Gasteiger partial charge in [0.15, 0.2) is 0 Å². The van der Waals surface area contributed by atoms with Gasteiger partial charge >= 0.3 is 6.09 Å². The fourth-order valence-electron chi connectivity index (χ4n) is 4.11. The minimum Gasteiger partial charge on any atom is -0.445 e. The molecule has 188 valence electrons. The highest BCUT2D eigenvalue weighted by atomic mass is 16.6. The summed E-state index contributed by atoms with van der Waals surface area (Å²) in [6.45, 7) is 9.39. The summed E-state index contributed by atoms with van der Waals surface area (Å²) in [5.74, 6) is 0.659. The number of anilines is 2. The number of rotatable bonds is 5. The van der Waals surface area contributed by atoms with Crippen molar-refractivity contribution < 1.29 is 14.3 Å². The van der Waals surface area contributed by atoms with Crippen LogP contribution in [0.1, 0.15) is 48.7 Å². The molecule has 0 atom stereocenters. The van der Waals surface area contributed by atoms with Crippen LogP contribution in [0.3, 0.4) is 0 Å². The molecule has 1 fully saturated rings. The van der Waals surface area contributed by atoms with Crippen molar-refractivity contribution in [1.29, 1.82) is 0 Å². The number of hydrogen-bond acceptors (Lipinski definition) is 5. The smallest absolute Gasteiger partial charge is 0.410 e. The largest absolute Gasteiger partial charge is 0.445 e. The van der Waals surface area contributed by atoms with Gasteiger partial charge < -0.3 is 19.9 Å². The molecule has 1 aromatic heterocycles. The van der Waals surface area contributed by atoms with E-state index in [1.807, 2.05) is 66.7 Å². The van der Waals surface area contributed by atoms with Crippen molar-refractivity contribution in [1.82, 2.24) is 9.88 Å². The number of aromatic nitrogens is 1. The van der Waals surface area contributed by atoms with Crippen LogP contribution >= 0.6 is 0 Å². The number of nitrogens with zero attached hydrogens (tertiary/aromatic N) is 3. The van der Waals surface area contributed by atoms with Gasteiger partial charge in [-0.3, -0.25) is 4.79 Å². The topological polar surface area (TPSA) is 74.8 Å². The van der Waals surface area contributed by atoms with Gasteiger partial charge in [0.1, 0.15) is 12.4 Å². The molecule has 2 amide bonds. The summed E-state index contributed by atoms with van der Waals surface area (Å²) >= 11 is 0. The summed E-state index contributed by atoms with van der Waals surface area (Å²) in [5, 5.41) is 2.92. The Morgan fingerprint density at radius 2 is 1.67 bits per heavy atom. The predicted molar refractivity (Wildman–Crippen MR) is 142 cm³/mol. The number of amides is 2. The molecule has 7 heteroatoms. The van der Waals surface area contributed by atoms with E-state index in [-0.39, 0.29) is 24.0 Å². The van der Waals surface area contributed by atoms with E-state index in [1.165, 1.54) is 5.56 Å². The van der Waals surface area contributed by atoms with E-state index in [4.69, 9.17) is 4.74 Å². The van der Waals surface area contributed by atoms with Crippen LogP contribution in [0.5, 0.6) is 0 Å². The second-order valence-corrected chi connectivity index (χ2v) is 10.1. The van der Waals surface area contributed by atoms with Gasteiger partial charge in [0.2, 0.25) is 0 Å². The van der Waals surface area contributed by atoms with E-state index in [0.29, 0.717) is 30.9 Å². The molecule has 1 N–H and O–H groups in total. The first-order chi connectivity index (χ1) is 17.3. The third-order valence-corrected chi connectivity index (χ3v) is 6.30. The van der Waals surface area contributed by atoms with E-state index in [1.54, 1.807) is 11.1 Å². The third-order valence-electron chi connectivity index (χ3n) is 6.30. The Morgan fingerprint density at radius 3 is 2.33 bits per heavy atom. The first-order valence-corrected chi connectivity index (χ1v) is 12.4. The number of ether oxygens (including phenoxy) is 1. The monoisotopic (exact) mass is 486 g/mol. The van der Waals surface area contributed by atoms with Gasteiger partial charge in [0.05, 0.1) is 11.9 Å². The number of benzene rings is 2. The number of carbonyl (C=O) groups is 2. The second-order valence-electron chi connectivity index (χ2n) is 10.1. The fourth-order valence-corrected chi connectivity index (χ4v) is 4.11. The van der Waals surface area contributed by atoms with Crippen LogP contribution < -0.4 is 10.2 Å². The molecule has 36 heavy (non-hydrogen) atoms. The zero-order valence-electron chi connectivity index (χ0n) is 21.2. The maximum atomic E-state index is 12.7. The van der Waals surface area contributed by atoms with Crippen molar-refractivity contribution in [3.05, 3.63) is 89.6 Å². The van der Waals surface area contributed by atoms with Gasteiger partial charge in [-0.05, 0) is 47.2 Å². The highest BCUT2D eigenvalue weighted by molar-refractivity contribution is 6.04. The molecular formula is C29H34N4O3. The van der Waals surface area contributed by atoms with E-state index in [2.05, 4.69) is 36.0 Å². The number of nitrogens with one attached hydrogen (secondary N) is 1. The average Bonchev–Trinajstić information content (AvgIpc) is 3.14. The Kier molecular flexibility index (Phi) is 7.88. The summed E-state index contributed by atoms with van der Waals surface area (Å²) in [6.07, 6.45) is 2.21. The quantitative estimate of drug-likeness (QED) is 0.517. The van der Waals surface area contributed by atoms with Crippen molar-refractivity contribution in [3.63, 3.8) is 0 Å². The van der Waals surface area contributed by atoms with Gasteiger partial charge in [0.25, 0.3) is 5.91 Å². The van der Waals surface area contributed by atoms with Gasteiger partial charge in [0, 0.05) is 31.7 Å². The van der Waals surface area contributed by atoms with Crippen molar-refractivity contribution in [2.75, 3.05) is 36.4 Å².